The second-order valence-electron chi connectivity index (χ2n) is 5.23. The van der Waals surface area contributed by atoms with Gasteiger partial charge >= 0.3 is 0 Å². The van der Waals surface area contributed by atoms with Crippen molar-refractivity contribution in [3.63, 3.8) is 0 Å². The number of hydrogen-bond donors (Lipinski definition) is 1. The third-order valence-electron chi connectivity index (χ3n) is 3.60. The van der Waals surface area contributed by atoms with Gasteiger partial charge in [-0.3, -0.25) is 10.4 Å². The van der Waals surface area contributed by atoms with Gasteiger partial charge in [-0.15, -0.1) is 0 Å². The standard InChI is InChI=1S/C18H18N4O/c1-12-10-18(20-17-11-14(23-3)7-8-15(12)17)22-21-13(2)16-6-4-5-9-19-16/h4-11H,1-3H3,(H,20,22)/b21-13+. The zero-order valence-corrected chi connectivity index (χ0v) is 13.4. The number of pyridine rings is 2. The minimum atomic E-state index is 0.693. The first kappa shape index (κ1) is 15.0. The summed E-state index contributed by atoms with van der Waals surface area (Å²) >= 11 is 0. The Bertz CT molecular complexity index is 860. The summed E-state index contributed by atoms with van der Waals surface area (Å²) in [7, 11) is 1.65. The molecule has 0 fully saturated rings. The van der Waals surface area contributed by atoms with Crippen LogP contribution in [0.15, 0.2) is 53.8 Å². The van der Waals surface area contributed by atoms with Crippen LogP contribution in [0.1, 0.15) is 18.2 Å². The lowest BCUT2D eigenvalue weighted by Crippen LogP contribution is -2.03. The van der Waals surface area contributed by atoms with Gasteiger partial charge in [0.1, 0.15) is 11.6 Å². The molecule has 1 aromatic carbocycles. The minimum absolute atomic E-state index is 0.693. The Hall–Kier alpha value is -2.95. The van der Waals surface area contributed by atoms with Gasteiger partial charge in [-0.25, -0.2) is 4.98 Å². The number of anilines is 1. The number of fused-ring (bicyclic) bond motifs is 1. The molecule has 0 aliphatic rings. The van der Waals surface area contributed by atoms with Crippen LogP contribution in [0.3, 0.4) is 0 Å². The van der Waals surface area contributed by atoms with E-state index < -0.39 is 0 Å². The van der Waals surface area contributed by atoms with Gasteiger partial charge in [0.25, 0.3) is 0 Å². The summed E-state index contributed by atoms with van der Waals surface area (Å²) in [4.78, 5) is 8.87. The molecule has 2 aromatic heterocycles. The maximum atomic E-state index is 5.26. The third kappa shape index (κ3) is 3.29. The summed E-state index contributed by atoms with van der Waals surface area (Å²) in [5.74, 6) is 1.48. The molecule has 23 heavy (non-hydrogen) atoms. The quantitative estimate of drug-likeness (QED) is 0.588. The fourth-order valence-corrected chi connectivity index (χ4v) is 2.34. The Morgan fingerprint density at radius 3 is 2.78 bits per heavy atom. The highest BCUT2D eigenvalue weighted by Crippen LogP contribution is 2.24. The maximum absolute atomic E-state index is 5.26. The molecule has 0 bridgehead atoms. The Kier molecular flexibility index (Phi) is 4.19. The normalized spacial score (nSPS) is 11.5. The van der Waals surface area contributed by atoms with Crippen LogP contribution in [0.4, 0.5) is 5.82 Å². The lowest BCUT2D eigenvalue weighted by atomic mass is 10.1. The van der Waals surface area contributed by atoms with Gasteiger partial charge in [0, 0.05) is 17.6 Å². The zero-order chi connectivity index (χ0) is 16.2. The molecule has 5 nitrogen and oxygen atoms in total. The maximum Gasteiger partial charge on any atom is 0.147 e. The van der Waals surface area contributed by atoms with Gasteiger partial charge in [-0.1, -0.05) is 6.07 Å². The fourth-order valence-electron chi connectivity index (χ4n) is 2.34. The highest BCUT2D eigenvalue weighted by atomic mass is 16.5. The van der Waals surface area contributed by atoms with Gasteiger partial charge in [0.05, 0.1) is 24.0 Å². The fraction of sp³-hybridized carbons (Fsp3) is 0.167. The highest BCUT2D eigenvalue weighted by molar-refractivity contribution is 5.97. The Morgan fingerprint density at radius 2 is 2.04 bits per heavy atom. The SMILES string of the molecule is COc1ccc2c(C)cc(N/N=C(\C)c3ccccn3)nc2c1. The van der Waals surface area contributed by atoms with Crippen molar-refractivity contribution in [3.8, 4) is 5.75 Å². The summed E-state index contributed by atoms with van der Waals surface area (Å²) in [5, 5.41) is 5.46. The molecule has 0 unspecified atom stereocenters. The molecule has 116 valence electrons. The molecule has 0 radical (unpaired) electrons. The Balaban J connectivity index is 1.91. The summed E-state index contributed by atoms with van der Waals surface area (Å²) in [5.41, 5.74) is 6.65. The summed E-state index contributed by atoms with van der Waals surface area (Å²) in [6.45, 7) is 3.96. The van der Waals surface area contributed by atoms with Crippen molar-refractivity contribution in [3.05, 3.63) is 59.9 Å². The number of methoxy groups -OCH3 is 1. The number of rotatable bonds is 4. The first-order valence-corrected chi connectivity index (χ1v) is 7.34. The van der Waals surface area contributed by atoms with Crippen LogP contribution in [0.2, 0.25) is 0 Å². The predicted molar refractivity (Wildman–Crippen MR) is 93.1 cm³/mol. The van der Waals surface area contributed by atoms with Crippen molar-refractivity contribution in [1.29, 1.82) is 0 Å². The van der Waals surface area contributed by atoms with E-state index in [1.807, 2.05) is 49.4 Å². The van der Waals surface area contributed by atoms with E-state index in [4.69, 9.17) is 4.74 Å². The van der Waals surface area contributed by atoms with Crippen LogP contribution in [0, 0.1) is 6.92 Å². The number of benzene rings is 1. The average Bonchev–Trinajstić information content (AvgIpc) is 2.60. The first-order valence-electron chi connectivity index (χ1n) is 7.34. The number of ether oxygens (including phenoxy) is 1. The molecule has 0 aliphatic carbocycles. The molecule has 2 heterocycles. The van der Waals surface area contributed by atoms with Gasteiger partial charge in [-0.05, 0) is 49.7 Å². The molecule has 5 heteroatoms. The number of hydrogen-bond acceptors (Lipinski definition) is 5. The topological polar surface area (TPSA) is 59.4 Å². The monoisotopic (exact) mass is 306 g/mol. The lowest BCUT2D eigenvalue weighted by Gasteiger charge is -2.08. The van der Waals surface area contributed by atoms with Crippen molar-refractivity contribution in [2.24, 2.45) is 5.10 Å². The molecular formula is C18H18N4O. The average molecular weight is 306 g/mol. The van der Waals surface area contributed by atoms with Crippen LogP contribution in [0.25, 0.3) is 10.9 Å². The van der Waals surface area contributed by atoms with Crippen molar-refractivity contribution in [2.75, 3.05) is 12.5 Å². The number of aromatic nitrogens is 2. The number of nitrogens with one attached hydrogen (secondary N) is 1. The summed E-state index contributed by atoms with van der Waals surface area (Å²) in [6.07, 6.45) is 1.75. The van der Waals surface area contributed by atoms with Gasteiger partial charge in [-0.2, -0.15) is 5.10 Å². The molecule has 0 saturated carbocycles. The second kappa shape index (κ2) is 6.44. The largest absolute Gasteiger partial charge is 0.497 e. The minimum Gasteiger partial charge on any atom is -0.497 e. The molecule has 3 rings (SSSR count). The van der Waals surface area contributed by atoms with Gasteiger partial charge < -0.3 is 4.74 Å². The van der Waals surface area contributed by atoms with E-state index in [0.29, 0.717) is 5.82 Å². The highest BCUT2D eigenvalue weighted by Gasteiger charge is 2.04. The lowest BCUT2D eigenvalue weighted by molar-refractivity contribution is 0.415. The third-order valence-corrected chi connectivity index (χ3v) is 3.60. The van der Waals surface area contributed by atoms with Crippen LogP contribution in [-0.2, 0) is 0 Å². The molecule has 0 atom stereocenters. The molecule has 3 aromatic rings. The van der Waals surface area contributed by atoms with Crippen LogP contribution in [0.5, 0.6) is 5.75 Å². The van der Waals surface area contributed by atoms with E-state index in [1.165, 1.54) is 0 Å². The van der Waals surface area contributed by atoms with Gasteiger partial charge in [0.2, 0.25) is 0 Å². The molecule has 0 saturated heterocycles. The van der Waals surface area contributed by atoms with Crippen molar-refractivity contribution in [2.45, 2.75) is 13.8 Å². The zero-order valence-electron chi connectivity index (χ0n) is 13.4. The van der Waals surface area contributed by atoms with E-state index in [9.17, 15) is 0 Å². The first-order chi connectivity index (χ1) is 11.2. The molecule has 0 amide bonds. The molecule has 0 spiro atoms. The molecule has 0 aliphatic heterocycles. The number of hydrazone groups is 1. The van der Waals surface area contributed by atoms with E-state index in [2.05, 4.69) is 27.4 Å². The molecular weight excluding hydrogens is 288 g/mol. The van der Waals surface area contributed by atoms with Crippen LogP contribution < -0.4 is 10.2 Å². The van der Waals surface area contributed by atoms with Crippen molar-refractivity contribution < 1.29 is 4.74 Å². The van der Waals surface area contributed by atoms with Gasteiger partial charge in [0.15, 0.2) is 0 Å². The number of nitrogens with zero attached hydrogens (tertiary/aromatic N) is 3. The van der Waals surface area contributed by atoms with E-state index >= 15 is 0 Å². The smallest absolute Gasteiger partial charge is 0.147 e. The predicted octanol–water partition coefficient (Wildman–Crippen LogP) is 3.78. The molecule has 1 N–H and O–H groups in total. The van der Waals surface area contributed by atoms with Crippen LogP contribution >= 0.6 is 0 Å². The second-order valence-corrected chi connectivity index (χ2v) is 5.23. The Morgan fingerprint density at radius 1 is 1.17 bits per heavy atom. The van der Waals surface area contributed by atoms with Crippen LogP contribution in [-0.4, -0.2) is 22.8 Å². The van der Waals surface area contributed by atoms with E-state index in [0.717, 1.165) is 33.6 Å². The summed E-state index contributed by atoms with van der Waals surface area (Å²) < 4.78 is 5.26. The number of aryl methyl sites for hydroxylation is 1. The van der Waals surface area contributed by atoms with Crippen molar-refractivity contribution in [1.82, 2.24) is 9.97 Å². The summed E-state index contributed by atoms with van der Waals surface area (Å²) in [6, 6.07) is 13.6. The van der Waals surface area contributed by atoms with Crippen molar-refractivity contribution >= 4 is 22.4 Å². The Labute approximate surface area is 135 Å². The van der Waals surface area contributed by atoms with E-state index in [1.54, 1.807) is 13.3 Å². The van der Waals surface area contributed by atoms with E-state index in [-0.39, 0.29) is 0 Å².